The van der Waals surface area contributed by atoms with E-state index in [9.17, 15) is 13.2 Å². The molecule has 0 saturated carbocycles. The van der Waals surface area contributed by atoms with Crippen LogP contribution in [0.25, 0.3) is 0 Å². The minimum atomic E-state index is -3.41. The highest BCUT2D eigenvalue weighted by Crippen LogP contribution is 2.21. The predicted octanol–water partition coefficient (Wildman–Crippen LogP) is 0.709. The fourth-order valence-electron chi connectivity index (χ4n) is 2.84. The number of piperidine rings is 1. The quantitative estimate of drug-likeness (QED) is 0.717. The summed E-state index contributed by atoms with van der Waals surface area (Å²) in [5.74, 6) is 2.29. The van der Waals surface area contributed by atoms with E-state index in [-0.39, 0.29) is 30.9 Å². The van der Waals surface area contributed by atoms with Crippen LogP contribution in [0, 0.1) is 12.3 Å². The highest BCUT2D eigenvalue weighted by molar-refractivity contribution is 7.89. The molecular weight excluding hydrogens is 320 g/mol. The lowest BCUT2D eigenvalue weighted by Crippen LogP contribution is -2.48. The molecule has 0 aromatic rings. The Bertz CT molecular complexity index is 537. The predicted molar refractivity (Wildman–Crippen MR) is 85.3 cm³/mol. The zero-order chi connectivity index (χ0) is 16.7. The minimum Gasteiger partial charge on any atom is -0.448 e. The summed E-state index contributed by atoms with van der Waals surface area (Å²) in [6.07, 6.45) is 8.02. The number of hydrogen-bond donors (Lipinski definition) is 1. The van der Waals surface area contributed by atoms with Crippen LogP contribution in [-0.2, 0) is 19.5 Å². The molecule has 2 unspecified atom stereocenters. The third-order valence-corrected chi connectivity index (χ3v) is 6.01. The average Bonchev–Trinajstić information content (AvgIpc) is 3.04. The lowest BCUT2D eigenvalue weighted by molar-refractivity contribution is 0.101. The Morgan fingerprint density at radius 3 is 2.91 bits per heavy atom. The summed E-state index contributed by atoms with van der Waals surface area (Å²) in [6.45, 7) is 1.65. The van der Waals surface area contributed by atoms with E-state index >= 15 is 0 Å². The second-order valence-electron chi connectivity index (χ2n) is 5.83. The number of ether oxygens (including phenoxy) is 2. The van der Waals surface area contributed by atoms with Crippen molar-refractivity contribution in [2.24, 2.45) is 0 Å². The molecule has 0 aliphatic carbocycles. The van der Waals surface area contributed by atoms with Crippen LogP contribution < -0.4 is 5.32 Å². The van der Waals surface area contributed by atoms with Gasteiger partial charge in [-0.25, -0.2) is 13.2 Å². The number of hydrogen-bond acceptors (Lipinski definition) is 5. The standard InChI is InChI=1S/C15H24N2O5S/c1-2-3-10-23(19,20)17-8-5-4-6-14(17)12-22-15(18)16-13-7-9-21-11-13/h1,13-14H,3-12H2,(H,16,18). The van der Waals surface area contributed by atoms with E-state index in [4.69, 9.17) is 15.9 Å². The van der Waals surface area contributed by atoms with Crippen molar-refractivity contribution in [3.8, 4) is 12.3 Å². The Balaban J connectivity index is 1.85. The van der Waals surface area contributed by atoms with Crippen molar-refractivity contribution in [3.05, 3.63) is 0 Å². The molecule has 2 aliphatic rings. The third kappa shape index (κ3) is 5.37. The lowest BCUT2D eigenvalue weighted by atomic mass is 10.1. The Morgan fingerprint density at radius 1 is 1.39 bits per heavy atom. The number of amides is 1. The van der Waals surface area contributed by atoms with Gasteiger partial charge in [-0.05, 0) is 19.3 Å². The van der Waals surface area contributed by atoms with Crippen LogP contribution in [0.5, 0.6) is 0 Å². The Labute approximate surface area is 137 Å². The Hall–Kier alpha value is -1.30. The summed E-state index contributed by atoms with van der Waals surface area (Å²) in [5.41, 5.74) is 0. The van der Waals surface area contributed by atoms with Gasteiger partial charge in [0, 0.05) is 19.6 Å². The monoisotopic (exact) mass is 344 g/mol. The van der Waals surface area contributed by atoms with Gasteiger partial charge >= 0.3 is 6.09 Å². The molecule has 2 rings (SSSR count). The first-order valence-corrected chi connectivity index (χ1v) is 9.58. The number of carbonyl (C=O) groups excluding carboxylic acids is 1. The SMILES string of the molecule is C#CCCS(=O)(=O)N1CCCCC1COC(=O)NC1CCOC1. The van der Waals surface area contributed by atoms with Crippen molar-refractivity contribution in [1.82, 2.24) is 9.62 Å². The molecule has 1 N–H and O–H groups in total. The van der Waals surface area contributed by atoms with Crippen molar-refractivity contribution >= 4 is 16.1 Å². The first-order valence-electron chi connectivity index (χ1n) is 7.97. The highest BCUT2D eigenvalue weighted by Gasteiger charge is 2.32. The van der Waals surface area contributed by atoms with Crippen molar-refractivity contribution in [2.75, 3.05) is 32.1 Å². The second kappa shape index (κ2) is 8.52. The lowest BCUT2D eigenvalue weighted by Gasteiger charge is -2.34. The summed E-state index contributed by atoms with van der Waals surface area (Å²) >= 11 is 0. The molecule has 0 radical (unpaired) electrons. The fourth-order valence-corrected chi connectivity index (χ4v) is 4.48. The number of sulfonamides is 1. The van der Waals surface area contributed by atoms with Gasteiger partial charge in [0.1, 0.15) is 6.61 Å². The molecule has 23 heavy (non-hydrogen) atoms. The summed E-state index contributed by atoms with van der Waals surface area (Å²) in [7, 11) is -3.41. The Morgan fingerprint density at radius 2 is 2.22 bits per heavy atom. The number of alkyl carbamates (subject to hydrolysis) is 1. The van der Waals surface area contributed by atoms with Gasteiger partial charge in [-0.1, -0.05) is 6.42 Å². The van der Waals surface area contributed by atoms with Crippen LogP contribution >= 0.6 is 0 Å². The molecule has 2 heterocycles. The number of rotatable bonds is 6. The molecule has 0 spiro atoms. The number of carbonyl (C=O) groups is 1. The van der Waals surface area contributed by atoms with Gasteiger partial charge in [-0.15, -0.1) is 12.3 Å². The zero-order valence-corrected chi connectivity index (χ0v) is 14.0. The van der Waals surface area contributed by atoms with Gasteiger partial charge in [-0.2, -0.15) is 4.31 Å². The first kappa shape index (κ1) is 18.0. The number of nitrogens with one attached hydrogen (secondary N) is 1. The van der Waals surface area contributed by atoms with E-state index in [1.54, 1.807) is 0 Å². The van der Waals surface area contributed by atoms with Crippen LogP contribution in [-0.4, -0.2) is 63.0 Å². The van der Waals surface area contributed by atoms with Gasteiger partial charge in [0.15, 0.2) is 0 Å². The number of terminal acetylenes is 1. The zero-order valence-electron chi connectivity index (χ0n) is 13.2. The number of nitrogens with zero attached hydrogens (tertiary/aromatic N) is 1. The van der Waals surface area contributed by atoms with E-state index in [0.29, 0.717) is 26.2 Å². The van der Waals surface area contributed by atoms with E-state index in [0.717, 1.165) is 19.3 Å². The summed E-state index contributed by atoms with van der Waals surface area (Å²) in [4.78, 5) is 11.8. The maximum Gasteiger partial charge on any atom is 0.407 e. The normalized spacial score (nSPS) is 25.7. The molecule has 7 nitrogen and oxygen atoms in total. The van der Waals surface area contributed by atoms with Crippen LogP contribution in [0.2, 0.25) is 0 Å². The van der Waals surface area contributed by atoms with Gasteiger partial charge in [0.25, 0.3) is 0 Å². The topological polar surface area (TPSA) is 84.9 Å². The molecular formula is C15H24N2O5S. The molecule has 0 aromatic carbocycles. The first-order chi connectivity index (χ1) is 11.0. The molecule has 2 atom stereocenters. The van der Waals surface area contributed by atoms with Crippen LogP contribution in [0.15, 0.2) is 0 Å². The molecule has 2 fully saturated rings. The molecule has 2 saturated heterocycles. The molecule has 2 aliphatic heterocycles. The summed E-state index contributed by atoms with van der Waals surface area (Å²) in [6, 6.07) is -0.332. The van der Waals surface area contributed by atoms with Gasteiger partial charge in [0.05, 0.1) is 24.4 Å². The molecule has 130 valence electrons. The van der Waals surface area contributed by atoms with E-state index in [1.807, 2.05) is 0 Å². The van der Waals surface area contributed by atoms with E-state index in [1.165, 1.54) is 4.31 Å². The van der Waals surface area contributed by atoms with Crippen LogP contribution in [0.4, 0.5) is 4.79 Å². The second-order valence-corrected chi connectivity index (χ2v) is 7.87. The van der Waals surface area contributed by atoms with Gasteiger partial charge < -0.3 is 14.8 Å². The summed E-state index contributed by atoms with van der Waals surface area (Å²) in [5, 5.41) is 2.73. The van der Waals surface area contributed by atoms with Crippen LogP contribution in [0.3, 0.4) is 0 Å². The average molecular weight is 344 g/mol. The summed E-state index contributed by atoms with van der Waals surface area (Å²) < 4.78 is 36.5. The molecule has 0 bridgehead atoms. The highest BCUT2D eigenvalue weighted by atomic mass is 32.2. The van der Waals surface area contributed by atoms with Crippen LogP contribution in [0.1, 0.15) is 32.1 Å². The van der Waals surface area contributed by atoms with Crippen molar-refractivity contribution in [3.63, 3.8) is 0 Å². The molecule has 0 aromatic heterocycles. The maximum absolute atomic E-state index is 12.3. The fraction of sp³-hybridized carbons (Fsp3) is 0.800. The van der Waals surface area contributed by atoms with E-state index < -0.39 is 16.1 Å². The third-order valence-electron chi connectivity index (χ3n) is 4.09. The van der Waals surface area contributed by atoms with Crippen molar-refractivity contribution in [2.45, 2.75) is 44.2 Å². The maximum atomic E-state index is 12.3. The van der Waals surface area contributed by atoms with Gasteiger partial charge in [-0.3, -0.25) is 0 Å². The largest absolute Gasteiger partial charge is 0.448 e. The van der Waals surface area contributed by atoms with Crippen molar-refractivity contribution in [1.29, 1.82) is 0 Å². The Kier molecular flexibility index (Phi) is 6.69. The molecule has 1 amide bonds. The smallest absolute Gasteiger partial charge is 0.407 e. The van der Waals surface area contributed by atoms with E-state index in [2.05, 4.69) is 11.2 Å². The molecule has 8 heteroatoms. The van der Waals surface area contributed by atoms with Crippen molar-refractivity contribution < 1.29 is 22.7 Å². The minimum absolute atomic E-state index is 0.0238. The van der Waals surface area contributed by atoms with Gasteiger partial charge in [0.2, 0.25) is 10.0 Å².